The number of nitrogens with zero attached hydrogens (tertiary/aromatic N) is 2. The van der Waals surface area contributed by atoms with E-state index >= 15 is 0 Å². The van der Waals surface area contributed by atoms with Gasteiger partial charge >= 0.3 is 0 Å². The molecule has 1 aromatic heterocycles. The summed E-state index contributed by atoms with van der Waals surface area (Å²) in [6.07, 6.45) is 5.06. The quantitative estimate of drug-likeness (QED) is 0.828. The summed E-state index contributed by atoms with van der Waals surface area (Å²) in [7, 11) is 0. The molecule has 3 heterocycles. The van der Waals surface area contributed by atoms with Crippen LogP contribution >= 0.6 is 0 Å². The lowest BCUT2D eigenvalue weighted by Crippen LogP contribution is -2.41. The van der Waals surface area contributed by atoms with Crippen LogP contribution in [0.4, 0.5) is 0 Å². The molecule has 3 rings (SSSR count). The highest BCUT2D eigenvalue weighted by molar-refractivity contribution is 5.00. The van der Waals surface area contributed by atoms with Gasteiger partial charge < -0.3 is 15.2 Å². The Morgan fingerprint density at radius 3 is 3.18 bits per heavy atom. The third kappa shape index (κ3) is 2.10. The smallest absolute Gasteiger partial charge is 0.0957 e. The van der Waals surface area contributed by atoms with Crippen molar-refractivity contribution in [2.75, 3.05) is 19.8 Å². The highest BCUT2D eigenvalue weighted by Crippen LogP contribution is 2.37. The van der Waals surface area contributed by atoms with E-state index in [1.165, 1.54) is 0 Å². The van der Waals surface area contributed by atoms with Gasteiger partial charge in [-0.15, -0.1) is 0 Å². The molecule has 0 aromatic carbocycles. The van der Waals surface area contributed by atoms with Gasteiger partial charge in [-0.05, 0) is 12.5 Å². The minimum atomic E-state index is -0.0578. The molecule has 1 aromatic rings. The van der Waals surface area contributed by atoms with Crippen molar-refractivity contribution in [1.82, 2.24) is 9.78 Å². The molecular weight excluding hydrogens is 218 g/mol. The van der Waals surface area contributed by atoms with Crippen LogP contribution in [0.3, 0.4) is 0 Å². The topological polar surface area (TPSA) is 62.3 Å². The fourth-order valence-electron chi connectivity index (χ4n) is 2.78. The van der Waals surface area contributed by atoms with Gasteiger partial charge in [-0.25, -0.2) is 0 Å². The second-order valence-corrected chi connectivity index (χ2v) is 4.97. The van der Waals surface area contributed by atoms with Crippen molar-refractivity contribution < 1.29 is 9.47 Å². The van der Waals surface area contributed by atoms with Crippen LogP contribution < -0.4 is 5.73 Å². The molecule has 2 atom stereocenters. The molecule has 0 amide bonds. The molecule has 2 N–H and O–H groups in total. The van der Waals surface area contributed by atoms with Crippen LogP contribution in [0.25, 0.3) is 0 Å². The first kappa shape index (κ1) is 11.2. The van der Waals surface area contributed by atoms with E-state index < -0.39 is 0 Å². The first-order valence-electron chi connectivity index (χ1n) is 6.27. The van der Waals surface area contributed by atoms with E-state index in [0.29, 0.717) is 12.6 Å². The lowest BCUT2D eigenvalue weighted by atomic mass is 9.90. The van der Waals surface area contributed by atoms with E-state index in [9.17, 15) is 0 Å². The Bertz CT molecular complexity index is 385. The molecule has 1 spiro atoms. The first-order valence-corrected chi connectivity index (χ1v) is 6.27. The van der Waals surface area contributed by atoms with Crippen molar-refractivity contribution in [3.8, 4) is 0 Å². The molecule has 17 heavy (non-hydrogen) atoms. The van der Waals surface area contributed by atoms with Crippen LogP contribution in [0.2, 0.25) is 0 Å². The molecule has 2 fully saturated rings. The molecular formula is C12H19N3O2. The third-order valence-electron chi connectivity index (χ3n) is 3.78. The molecule has 2 unspecified atom stereocenters. The van der Waals surface area contributed by atoms with Gasteiger partial charge in [-0.2, -0.15) is 5.10 Å². The molecule has 0 radical (unpaired) electrons. The number of hydrogen-bond donors (Lipinski definition) is 1. The molecule has 0 bridgehead atoms. The van der Waals surface area contributed by atoms with Crippen LogP contribution in [-0.4, -0.2) is 35.2 Å². The third-order valence-corrected chi connectivity index (χ3v) is 3.78. The number of rotatable bonds is 2. The molecule has 5 heteroatoms. The SMILES string of the molecule is NCc1ccn(C2CCOC3(CCOC3)C2)n1. The summed E-state index contributed by atoms with van der Waals surface area (Å²) in [5.74, 6) is 0. The maximum Gasteiger partial charge on any atom is 0.0957 e. The van der Waals surface area contributed by atoms with Crippen LogP contribution in [0.5, 0.6) is 0 Å². The Morgan fingerprint density at radius 1 is 1.53 bits per heavy atom. The minimum Gasteiger partial charge on any atom is -0.378 e. The van der Waals surface area contributed by atoms with Gasteiger partial charge in [-0.3, -0.25) is 4.68 Å². The molecule has 5 nitrogen and oxygen atoms in total. The highest BCUT2D eigenvalue weighted by Gasteiger charge is 2.41. The normalized spacial score (nSPS) is 33.4. The number of nitrogens with two attached hydrogens (primary N) is 1. The Labute approximate surface area is 101 Å². The molecule has 2 saturated heterocycles. The molecule has 2 aliphatic rings. The zero-order valence-corrected chi connectivity index (χ0v) is 9.97. The second-order valence-electron chi connectivity index (χ2n) is 4.97. The van der Waals surface area contributed by atoms with Gasteiger partial charge in [-0.1, -0.05) is 0 Å². The number of ether oxygens (including phenoxy) is 2. The average Bonchev–Trinajstić information content (AvgIpc) is 2.99. The first-order chi connectivity index (χ1) is 8.31. The fourth-order valence-corrected chi connectivity index (χ4v) is 2.78. The van der Waals surface area contributed by atoms with Gasteiger partial charge in [0.25, 0.3) is 0 Å². The zero-order valence-electron chi connectivity index (χ0n) is 9.97. The lowest BCUT2D eigenvalue weighted by Gasteiger charge is -2.37. The standard InChI is InChI=1S/C12H19N3O2/c13-8-10-1-4-15(14-10)11-2-5-17-12(7-11)3-6-16-9-12/h1,4,11H,2-3,5-9,13H2. The van der Waals surface area contributed by atoms with Gasteiger partial charge in [0.2, 0.25) is 0 Å². The maximum atomic E-state index is 5.92. The van der Waals surface area contributed by atoms with Crippen LogP contribution in [-0.2, 0) is 16.0 Å². The van der Waals surface area contributed by atoms with Crippen LogP contribution in [0.15, 0.2) is 12.3 Å². The monoisotopic (exact) mass is 237 g/mol. The summed E-state index contributed by atoms with van der Waals surface area (Å²) in [5.41, 5.74) is 6.48. The van der Waals surface area contributed by atoms with Crippen LogP contribution in [0.1, 0.15) is 31.0 Å². The van der Waals surface area contributed by atoms with Crippen molar-refractivity contribution in [2.24, 2.45) is 5.73 Å². The summed E-state index contributed by atoms with van der Waals surface area (Å²) in [6.45, 7) is 2.85. The van der Waals surface area contributed by atoms with E-state index in [1.54, 1.807) is 0 Å². The predicted octanol–water partition coefficient (Wildman–Crippen LogP) is 0.852. The van der Waals surface area contributed by atoms with E-state index in [0.717, 1.165) is 44.8 Å². The average molecular weight is 237 g/mol. The molecule has 2 aliphatic heterocycles. The second kappa shape index (κ2) is 4.40. The molecule has 0 saturated carbocycles. The fraction of sp³-hybridized carbons (Fsp3) is 0.750. The van der Waals surface area contributed by atoms with E-state index in [2.05, 4.69) is 5.10 Å². The number of hydrogen-bond acceptors (Lipinski definition) is 4. The summed E-state index contributed by atoms with van der Waals surface area (Å²) < 4.78 is 13.4. The summed E-state index contributed by atoms with van der Waals surface area (Å²) in [6, 6.07) is 2.42. The zero-order chi connectivity index (χ0) is 11.7. The Morgan fingerprint density at radius 2 is 2.47 bits per heavy atom. The van der Waals surface area contributed by atoms with Gasteiger partial charge in [0.1, 0.15) is 0 Å². The van der Waals surface area contributed by atoms with Crippen molar-refractivity contribution >= 4 is 0 Å². The van der Waals surface area contributed by atoms with Crippen molar-refractivity contribution in [1.29, 1.82) is 0 Å². The van der Waals surface area contributed by atoms with Gasteiger partial charge in [0.15, 0.2) is 0 Å². The van der Waals surface area contributed by atoms with Crippen molar-refractivity contribution in [3.05, 3.63) is 18.0 Å². The Hall–Kier alpha value is -0.910. The Kier molecular flexibility index (Phi) is 2.90. The van der Waals surface area contributed by atoms with E-state index in [-0.39, 0.29) is 5.60 Å². The van der Waals surface area contributed by atoms with E-state index in [1.807, 2.05) is 16.9 Å². The largest absolute Gasteiger partial charge is 0.378 e. The summed E-state index contributed by atoms with van der Waals surface area (Å²) >= 11 is 0. The van der Waals surface area contributed by atoms with Gasteiger partial charge in [0, 0.05) is 38.8 Å². The van der Waals surface area contributed by atoms with E-state index in [4.69, 9.17) is 15.2 Å². The Balaban J connectivity index is 1.74. The van der Waals surface area contributed by atoms with Crippen LogP contribution in [0, 0.1) is 0 Å². The minimum absolute atomic E-state index is 0.0578. The molecule has 0 aliphatic carbocycles. The summed E-state index contributed by atoms with van der Waals surface area (Å²) in [4.78, 5) is 0. The number of aromatic nitrogens is 2. The maximum absolute atomic E-state index is 5.92. The molecule has 94 valence electrons. The van der Waals surface area contributed by atoms with Crippen molar-refractivity contribution in [2.45, 2.75) is 37.5 Å². The highest BCUT2D eigenvalue weighted by atomic mass is 16.6. The van der Waals surface area contributed by atoms with Crippen molar-refractivity contribution in [3.63, 3.8) is 0 Å². The lowest BCUT2D eigenvalue weighted by molar-refractivity contribution is -0.0962. The summed E-state index contributed by atoms with van der Waals surface area (Å²) in [5, 5.41) is 4.50. The predicted molar refractivity (Wildman–Crippen MR) is 62.5 cm³/mol. The van der Waals surface area contributed by atoms with Gasteiger partial charge in [0.05, 0.1) is 23.9 Å².